The summed E-state index contributed by atoms with van der Waals surface area (Å²) >= 11 is 1.41. The summed E-state index contributed by atoms with van der Waals surface area (Å²) in [7, 11) is 0. The molecule has 10 nitrogen and oxygen atoms in total. The van der Waals surface area contributed by atoms with Gasteiger partial charge in [-0.05, 0) is 43.3 Å². The zero-order chi connectivity index (χ0) is 23.7. The van der Waals surface area contributed by atoms with Gasteiger partial charge in [0.05, 0.1) is 10.5 Å². The largest absolute Gasteiger partial charge is 0.456 e. The Morgan fingerprint density at radius 1 is 1.15 bits per heavy atom. The monoisotopic (exact) mass is 472 g/mol. The maximum absolute atomic E-state index is 12.4. The van der Waals surface area contributed by atoms with Crippen LogP contribution in [0.4, 0.5) is 11.4 Å². The van der Waals surface area contributed by atoms with E-state index in [1.807, 2.05) is 25.1 Å². The second-order valence-electron chi connectivity index (χ2n) is 7.23. The van der Waals surface area contributed by atoms with Gasteiger partial charge in [0.25, 0.3) is 5.69 Å². The predicted octanol–water partition coefficient (Wildman–Crippen LogP) is 4.98. The fourth-order valence-electron chi connectivity index (χ4n) is 3.33. The number of anilines is 1. The first-order valence-corrected chi connectivity index (χ1v) is 10.9. The Bertz CT molecular complexity index is 1560. The SMILES string of the molecule is Cc1nnc2sc(-c3cccc(NC(=O)/C=C/c4ccc(-c5ccccc5[N+](=O)[O-])o4)c3)nn12. The van der Waals surface area contributed by atoms with Crippen molar-refractivity contribution in [2.45, 2.75) is 6.92 Å². The molecule has 0 saturated carbocycles. The van der Waals surface area contributed by atoms with Crippen LogP contribution in [0.15, 0.2) is 71.2 Å². The van der Waals surface area contributed by atoms with Gasteiger partial charge >= 0.3 is 0 Å². The fraction of sp³-hybridized carbons (Fsp3) is 0.0435. The summed E-state index contributed by atoms with van der Waals surface area (Å²) in [5.41, 5.74) is 1.77. The highest BCUT2D eigenvalue weighted by molar-refractivity contribution is 7.19. The summed E-state index contributed by atoms with van der Waals surface area (Å²) in [6.07, 6.45) is 2.84. The number of nitro groups is 1. The number of nitrogens with zero attached hydrogens (tertiary/aromatic N) is 5. The molecule has 1 amide bonds. The molecule has 3 aromatic heterocycles. The molecule has 0 radical (unpaired) electrons. The quantitative estimate of drug-likeness (QED) is 0.210. The lowest BCUT2D eigenvalue weighted by molar-refractivity contribution is -0.384. The summed E-state index contributed by atoms with van der Waals surface area (Å²) in [5, 5.41) is 27.4. The van der Waals surface area contributed by atoms with E-state index in [-0.39, 0.29) is 11.6 Å². The highest BCUT2D eigenvalue weighted by Crippen LogP contribution is 2.31. The van der Waals surface area contributed by atoms with Gasteiger partial charge in [-0.25, -0.2) is 0 Å². The predicted molar refractivity (Wildman–Crippen MR) is 127 cm³/mol. The average molecular weight is 472 g/mol. The maximum atomic E-state index is 12.4. The minimum Gasteiger partial charge on any atom is -0.456 e. The molecule has 5 rings (SSSR count). The number of furan rings is 1. The van der Waals surface area contributed by atoms with Crippen LogP contribution in [0.3, 0.4) is 0 Å². The van der Waals surface area contributed by atoms with Crippen molar-refractivity contribution in [2.75, 3.05) is 5.32 Å². The smallest absolute Gasteiger partial charge is 0.280 e. The van der Waals surface area contributed by atoms with Crippen molar-refractivity contribution in [1.82, 2.24) is 19.8 Å². The number of hydrogen-bond acceptors (Lipinski definition) is 8. The minimum absolute atomic E-state index is 0.0509. The van der Waals surface area contributed by atoms with Gasteiger partial charge in [-0.2, -0.15) is 9.61 Å². The molecule has 0 bridgehead atoms. The number of aromatic nitrogens is 4. The number of nitro benzene ring substituents is 1. The number of benzene rings is 2. The number of para-hydroxylation sites is 1. The summed E-state index contributed by atoms with van der Waals surface area (Å²) in [5.74, 6) is 1.09. The van der Waals surface area contributed by atoms with E-state index in [9.17, 15) is 14.9 Å². The number of rotatable bonds is 6. The molecule has 0 aliphatic rings. The molecule has 3 heterocycles. The van der Waals surface area contributed by atoms with Gasteiger partial charge in [0.2, 0.25) is 10.9 Å². The van der Waals surface area contributed by atoms with E-state index in [1.165, 1.54) is 29.6 Å². The van der Waals surface area contributed by atoms with Crippen molar-refractivity contribution in [3.63, 3.8) is 0 Å². The minimum atomic E-state index is -0.462. The van der Waals surface area contributed by atoms with Crippen molar-refractivity contribution in [3.05, 3.63) is 88.4 Å². The Morgan fingerprint density at radius 2 is 2.00 bits per heavy atom. The first-order chi connectivity index (χ1) is 16.5. The Morgan fingerprint density at radius 3 is 2.82 bits per heavy atom. The second kappa shape index (κ2) is 8.71. The summed E-state index contributed by atoms with van der Waals surface area (Å²) in [6.45, 7) is 1.83. The van der Waals surface area contributed by atoms with Gasteiger partial charge < -0.3 is 9.73 Å². The van der Waals surface area contributed by atoms with Gasteiger partial charge in [0.15, 0.2) is 5.82 Å². The van der Waals surface area contributed by atoms with E-state index in [2.05, 4.69) is 20.6 Å². The van der Waals surface area contributed by atoms with Gasteiger partial charge in [-0.3, -0.25) is 14.9 Å². The Balaban J connectivity index is 1.29. The molecule has 0 saturated heterocycles. The zero-order valence-corrected chi connectivity index (χ0v) is 18.5. The number of hydrogen-bond donors (Lipinski definition) is 1. The standard InChI is InChI=1S/C23H16N6O4S/c1-14-25-26-23-28(14)27-22(34-23)15-5-4-6-16(13-15)24-21(30)12-10-17-9-11-20(33-17)18-7-2-3-8-19(18)29(31)32/h2-13H,1H3,(H,24,30)/b12-10+. The third-order valence-electron chi connectivity index (χ3n) is 4.92. The van der Waals surface area contributed by atoms with Gasteiger partial charge in [-0.1, -0.05) is 35.6 Å². The number of nitrogens with one attached hydrogen (secondary N) is 1. The molecule has 0 unspecified atom stereocenters. The number of fused-ring (bicyclic) bond motifs is 1. The van der Waals surface area contributed by atoms with Crippen molar-refractivity contribution < 1.29 is 14.1 Å². The van der Waals surface area contributed by atoms with Crippen molar-refractivity contribution >= 4 is 39.7 Å². The van der Waals surface area contributed by atoms with Gasteiger partial charge in [-0.15, -0.1) is 10.2 Å². The average Bonchev–Trinajstić information content (AvgIpc) is 3.56. The normalized spacial score (nSPS) is 11.3. The second-order valence-corrected chi connectivity index (χ2v) is 8.18. The molecule has 0 aliphatic carbocycles. The van der Waals surface area contributed by atoms with Crippen molar-refractivity contribution in [2.24, 2.45) is 0 Å². The van der Waals surface area contributed by atoms with Crippen LogP contribution >= 0.6 is 11.3 Å². The Labute approximate surface area is 196 Å². The number of carbonyl (C=O) groups is 1. The first kappa shape index (κ1) is 21.2. The number of carbonyl (C=O) groups excluding carboxylic acids is 1. The van der Waals surface area contributed by atoms with Crippen LogP contribution in [0.2, 0.25) is 0 Å². The van der Waals surface area contributed by atoms with E-state index in [0.717, 1.165) is 10.6 Å². The third kappa shape index (κ3) is 4.19. The summed E-state index contributed by atoms with van der Waals surface area (Å²) in [6, 6.07) is 16.9. The molecule has 34 heavy (non-hydrogen) atoms. The van der Waals surface area contributed by atoms with Gasteiger partial charge in [0.1, 0.15) is 16.5 Å². The van der Waals surface area contributed by atoms with Crippen LogP contribution in [0.5, 0.6) is 0 Å². The molecule has 0 aliphatic heterocycles. The van der Waals surface area contributed by atoms with E-state index >= 15 is 0 Å². The zero-order valence-electron chi connectivity index (χ0n) is 17.7. The van der Waals surface area contributed by atoms with Crippen molar-refractivity contribution in [3.8, 4) is 21.9 Å². The summed E-state index contributed by atoms with van der Waals surface area (Å²) in [4.78, 5) is 23.9. The first-order valence-electron chi connectivity index (χ1n) is 10.1. The molecule has 0 spiro atoms. The van der Waals surface area contributed by atoms with E-state index in [0.29, 0.717) is 33.6 Å². The van der Waals surface area contributed by atoms with Crippen LogP contribution in [0.25, 0.3) is 32.9 Å². The molecular weight excluding hydrogens is 456 g/mol. The Hall–Kier alpha value is -4.64. The molecule has 2 aromatic carbocycles. The number of aryl methyl sites for hydroxylation is 1. The highest BCUT2D eigenvalue weighted by atomic mass is 32.1. The van der Waals surface area contributed by atoms with Crippen LogP contribution < -0.4 is 5.32 Å². The lowest BCUT2D eigenvalue weighted by Gasteiger charge is -2.03. The van der Waals surface area contributed by atoms with Crippen LogP contribution in [0, 0.1) is 17.0 Å². The molecule has 0 fully saturated rings. The topological polar surface area (TPSA) is 128 Å². The maximum Gasteiger partial charge on any atom is 0.280 e. The Kier molecular flexibility index (Phi) is 5.44. The molecule has 1 N–H and O–H groups in total. The number of amides is 1. The third-order valence-corrected chi connectivity index (χ3v) is 5.86. The lowest BCUT2D eigenvalue weighted by Crippen LogP contribution is -2.07. The molecule has 0 atom stereocenters. The molecular formula is C23H16N6O4S. The molecule has 168 valence electrons. The van der Waals surface area contributed by atoms with Crippen LogP contribution in [-0.2, 0) is 4.79 Å². The lowest BCUT2D eigenvalue weighted by atomic mass is 10.1. The van der Waals surface area contributed by atoms with Crippen LogP contribution in [0.1, 0.15) is 11.6 Å². The van der Waals surface area contributed by atoms with Crippen molar-refractivity contribution in [1.29, 1.82) is 0 Å². The van der Waals surface area contributed by atoms with Crippen LogP contribution in [-0.4, -0.2) is 30.6 Å². The van der Waals surface area contributed by atoms with E-state index in [4.69, 9.17) is 4.42 Å². The highest BCUT2D eigenvalue weighted by Gasteiger charge is 2.17. The molecule has 5 aromatic rings. The van der Waals surface area contributed by atoms with E-state index in [1.54, 1.807) is 40.9 Å². The molecule has 11 heteroatoms. The van der Waals surface area contributed by atoms with Gasteiger partial charge in [0, 0.05) is 23.4 Å². The summed E-state index contributed by atoms with van der Waals surface area (Å²) < 4.78 is 7.35. The van der Waals surface area contributed by atoms with E-state index < -0.39 is 4.92 Å². The fourth-order valence-corrected chi connectivity index (χ4v) is 4.21.